The third-order valence-corrected chi connectivity index (χ3v) is 9.38. The van der Waals surface area contributed by atoms with Crippen LogP contribution in [0, 0.1) is 27.7 Å². The summed E-state index contributed by atoms with van der Waals surface area (Å²) in [6.45, 7) is 34.2. The second-order valence-corrected chi connectivity index (χ2v) is 18.3. The van der Waals surface area contributed by atoms with E-state index in [1.54, 1.807) is 0 Å². The van der Waals surface area contributed by atoms with Crippen molar-refractivity contribution in [1.29, 1.82) is 0 Å². The summed E-state index contributed by atoms with van der Waals surface area (Å²) in [6, 6.07) is 12.6. The molecule has 290 valence electrons. The molecule has 0 radical (unpaired) electrons. The van der Waals surface area contributed by atoms with E-state index in [0.717, 1.165) is 83.4 Å². The summed E-state index contributed by atoms with van der Waals surface area (Å²) in [5.41, 5.74) is 9.51. The Hall–Kier alpha value is -2.54. The molecule has 0 aliphatic rings. The molecule has 0 fully saturated rings. The van der Waals surface area contributed by atoms with Gasteiger partial charge in [-0.1, -0.05) is 123 Å². The number of phenols is 3. The largest absolute Gasteiger partial charge is 0.507 e. The molecule has 3 rings (SSSR count). The van der Waals surface area contributed by atoms with E-state index >= 15 is 0 Å². The van der Waals surface area contributed by atoms with E-state index in [9.17, 15) is 15.3 Å². The molecule has 0 amide bonds. The molecule has 5 N–H and O–H groups in total. The van der Waals surface area contributed by atoms with Gasteiger partial charge < -0.3 is 25.3 Å². The second-order valence-electron chi connectivity index (χ2n) is 18.3. The number of quaternary nitrogens is 1. The predicted molar refractivity (Wildman–Crippen MR) is 214 cm³/mol. The summed E-state index contributed by atoms with van der Waals surface area (Å²) >= 11 is 0. The van der Waals surface area contributed by atoms with E-state index in [1.807, 2.05) is 13.0 Å². The van der Waals surface area contributed by atoms with E-state index in [-0.39, 0.29) is 38.8 Å². The molecule has 3 aromatic rings. The van der Waals surface area contributed by atoms with Gasteiger partial charge in [0.15, 0.2) is 0 Å². The molecule has 0 spiro atoms. The average molecular weight is 750 g/mol. The van der Waals surface area contributed by atoms with E-state index in [4.69, 9.17) is 0 Å². The van der Waals surface area contributed by atoms with Gasteiger partial charge in [-0.25, -0.2) is 0 Å². The maximum absolute atomic E-state index is 11.1. The average Bonchev–Trinajstić information content (AvgIpc) is 2.94. The number of benzene rings is 3. The Kier molecular flexibility index (Phi) is 18.0. The molecule has 0 unspecified atom stereocenters. The molecular formula is C44H73FeN2O4+. The van der Waals surface area contributed by atoms with Crippen molar-refractivity contribution in [2.24, 2.45) is 0 Å². The zero-order valence-electron chi connectivity index (χ0n) is 35.0. The first-order valence-corrected chi connectivity index (χ1v) is 18.3. The van der Waals surface area contributed by atoms with E-state index in [0.29, 0.717) is 17.2 Å². The van der Waals surface area contributed by atoms with Crippen molar-refractivity contribution in [2.45, 2.75) is 139 Å². The summed E-state index contributed by atoms with van der Waals surface area (Å²) in [5, 5.41) is 32.1. The van der Waals surface area contributed by atoms with Crippen LogP contribution in [-0.4, -0.2) is 63.9 Å². The van der Waals surface area contributed by atoms with Crippen molar-refractivity contribution >= 4 is 0 Å². The monoisotopic (exact) mass is 749 g/mol. The fourth-order valence-electron chi connectivity index (χ4n) is 6.47. The summed E-state index contributed by atoms with van der Waals surface area (Å²) in [7, 11) is 4.50. The topological polar surface area (TPSA) is 95.4 Å². The molecule has 0 aliphatic heterocycles. The fourth-order valence-corrected chi connectivity index (χ4v) is 6.47. The van der Waals surface area contributed by atoms with Gasteiger partial charge in [-0.05, 0) is 85.2 Å². The van der Waals surface area contributed by atoms with Crippen LogP contribution >= 0.6 is 0 Å². The molecule has 7 heteroatoms. The minimum Gasteiger partial charge on any atom is -0.507 e. The first kappa shape index (κ1) is 48.5. The van der Waals surface area contributed by atoms with Gasteiger partial charge in [0.2, 0.25) is 0 Å². The summed E-state index contributed by atoms with van der Waals surface area (Å²) in [5.74, 6) is 1.34. The van der Waals surface area contributed by atoms with Crippen LogP contribution in [0.15, 0.2) is 36.4 Å². The van der Waals surface area contributed by atoms with Gasteiger partial charge in [0.1, 0.15) is 23.8 Å². The second kappa shape index (κ2) is 19.0. The van der Waals surface area contributed by atoms with Crippen molar-refractivity contribution in [2.75, 3.05) is 33.7 Å². The summed E-state index contributed by atoms with van der Waals surface area (Å²) in [4.78, 5) is 2.49. The van der Waals surface area contributed by atoms with Gasteiger partial charge in [-0.15, -0.1) is 0 Å². The Morgan fingerprint density at radius 2 is 0.980 bits per heavy atom. The van der Waals surface area contributed by atoms with E-state index < -0.39 is 0 Å². The number of hydrogen-bond acceptors (Lipinski definition) is 4. The SMILES string of the molecule is CCCCN(CC[N+](C)(C)Cc1cc(C)cc(C(C)(C)C)c1O)Cc1cc(C)cc(C(C)(C)C)c1O.Cc1cc(C)c(O)c(C(C)(C)C)c1.O.[Fe]. The van der Waals surface area contributed by atoms with Crippen LogP contribution in [0.5, 0.6) is 17.2 Å². The van der Waals surface area contributed by atoms with E-state index in [2.05, 4.69) is 139 Å². The molecule has 0 heterocycles. The van der Waals surface area contributed by atoms with Crippen LogP contribution in [0.2, 0.25) is 0 Å². The molecule has 51 heavy (non-hydrogen) atoms. The Balaban J connectivity index is 0.00000140. The van der Waals surface area contributed by atoms with Crippen LogP contribution in [0.1, 0.15) is 132 Å². The molecule has 0 bridgehead atoms. The molecule has 0 saturated heterocycles. The number of phenolic OH excluding ortho intramolecular Hbond substituents is 3. The van der Waals surface area contributed by atoms with E-state index in [1.165, 1.54) is 16.7 Å². The molecular weight excluding hydrogens is 676 g/mol. The van der Waals surface area contributed by atoms with Crippen LogP contribution < -0.4 is 0 Å². The maximum atomic E-state index is 11.1. The Morgan fingerprint density at radius 3 is 1.41 bits per heavy atom. The van der Waals surface area contributed by atoms with Crippen LogP contribution in [0.25, 0.3) is 0 Å². The first-order chi connectivity index (χ1) is 22.3. The molecule has 3 aromatic carbocycles. The molecule has 0 saturated carbocycles. The zero-order chi connectivity index (χ0) is 37.7. The number of aryl methyl sites for hydroxylation is 4. The van der Waals surface area contributed by atoms with Crippen LogP contribution in [-0.2, 0) is 46.4 Å². The van der Waals surface area contributed by atoms with Gasteiger partial charge in [-0.3, -0.25) is 4.90 Å². The number of rotatable bonds is 10. The number of nitrogens with zero attached hydrogens (tertiary/aromatic N) is 2. The normalized spacial score (nSPS) is 12.2. The molecule has 6 nitrogen and oxygen atoms in total. The third-order valence-electron chi connectivity index (χ3n) is 9.38. The van der Waals surface area contributed by atoms with Crippen molar-refractivity contribution in [1.82, 2.24) is 4.90 Å². The third kappa shape index (κ3) is 14.4. The number of likely N-dealkylation sites (N-methyl/N-ethyl adjacent to an activating group) is 1. The minimum atomic E-state index is -0.0975. The smallest absolute Gasteiger partial charge is 0.128 e. The number of aromatic hydroxyl groups is 3. The Bertz CT molecular complexity index is 1560. The number of hydrogen-bond donors (Lipinski definition) is 3. The van der Waals surface area contributed by atoms with Gasteiger partial charge in [0, 0.05) is 41.3 Å². The summed E-state index contributed by atoms with van der Waals surface area (Å²) in [6.07, 6.45) is 2.29. The Labute approximate surface area is 322 Å². The predicted octanol–water partition coefficient (Wildman–Crippen LogP) is 9.67. The molecule has 0 atom stereocenters. The van der Waals surface area contributed by atoms with Crippen LogP contribution in [0.3, 0.4) is 0 Å². The van der Waals surface area contributed by atoms with Crippen molar-refractivity contribution in [3.8, 4) is 17.2 Å². The standard InChI is InChI=1S/C32H52N2O2.C12H18O.Fe.H2O/c1-12-13-14-33(21-25-17-23(2)19-27(29(25)35)31(4,5)6)15-16-34(10,11)22-26-18-24(3)20-28(30(26)36)32(7,8)9;1-8-6-9(2)11(13)10(7-8)12(3,4)5;;/h17-20H,12-16,21-22H2,1-11H3,(H-,35,36);6-7,13H,1-5H3;;1H2/p+1. The quantitative estimate of drug-likeness (QED) is 0.142. The van der Waals surface area contributed by atoms with Crippen LogP contribution in [0.4, 0.5) is 0 Å². The zero-order valence-corrected chi connectivity index (χ0v) is 36.1. The Morgan fingerprint density at radius 1 is 0.588 bits per heavy atom. The molecule has 0 aliphatic carbocycles. The van der Waals surface area contributed by atoms with Gasteiger partial charge in [0.25, 0.3) is 0 Å². The van der Waals surface area contributed by atoms with Crippen molar-refractivity contribution < 1.29 is 42.3 Å². The van der Waals surface area contributed by atoms with Gasteiger partial charge in [0.05, 0.1) is 20.6 Å². The van der Waals surface area contributed by atoms with Crippen molar-refractivity contribution in [3.63, 3.8) is 0 Å². The first-order valence-electron chi connectivity index (χ1n) is 18.3. The number of unbranched alkanes of at least 4 members (excludes halogenated alkanes) is 1. The van der Waals surface area contributed by atoms with Gasteiger partial charge in [-0.2, -0.15) is 0 Å². The molecule has 0 aromatic heterocycles. The summed E-state index contributed by atoms with van der Waals surface area (Å²) < 4.78 is 0.788. The van der Waals surface area contributed by atoms with Crippen molar-refractivity contribution in [3.05, 3.63) is 86.5 Å². The maximum Gasteiger partial charge on any atom is 0.128 e. The fraction of sp³-hybridized carbons (Fsp3) is 0.591. The van der Waals surface area contributed by atoms with Gasteiger partial charge >= 0.3 is 0 Å². The minimum absolute atomic E-state index is 0.